The van der Waals surface area contributed by atoms with Gasteiger partial charge in [-0.2, -0.15) is 0 Å². The van der Waals surface area contributed by atoms with Gasteiger partial charge in [-0.25, -0.2) is 0 Å². The number of hydrogen-bond donors (Lipinski definition) is 1. The molecule has 1 atom stereocenters. The van der Waals surface area contributed by atoms with E-state index in [4.69, 9.17) is 4.74 Å². The molecular formula is C13H16O2S. The van der Waals surface area contributed by atoms with Gasteiger partial charge in [0.1, 0.15) is 6.10 Å². The molecule has 0 saturated carbocycles. The number of hydrogen-bond acceptors (Lipinski definition) is 3. The molecule has 1 heterocycles. The molecule has 2 aromatic rings. The summed E-state index contributed by atoms with van der Waals surface area (Å²) in [6.45, 7) is 4.31. The Kier molecular flexibility index (Phi) is 3.59. The molecular weight excluding hydrogens is 220 g/mol. The molecule has 1 unspecified atom stereocenters. The predicted octanol–water partition coefficient (Wildman–Crippen LogP) is 3.36. The summed E-state index contributed by atoms with van der Waals surface area (Å²) in [5.74, 6) is 0. The molecule has 0 spiro atoms. The highest BCUT2D eigenvalue weighted by Gasteiger charge is 2.12. The van der Waals surface area contributed by atoms with Crippen molar-refractivity contribution in [1.82, 2.24) is 0 Å². The lowest BCUT2D eigenvalue weighted by Gasteiger charge is -2.11. The second-order valence-electron chi connectivity index (χ2n) is 4.08. The fourth-order valence-corrected chi connectivity index (χ4v) is 2.57. The van der Waals surface area contributed by atoms with Crippen molar-refractivity contribution in [3.8, 4) is 0 Å². The summed E-state index contributed by atoms with van der Waals surface area (Å²) in [5, 5.41) is 11.1. The number of fused-ring (bicyclic) bond motifs is 1. The standard InChI is InChI=1S/C13H16O2S/c1-9(2)15-8-11(14)13-7-10-5-3-4-6-12(10)16-13/h3-7,9,11,14H,8H2,1-2H3. The Morgan fingerprint density at radius 2 is 2.06 bits per heavy atom. The largest absolute Gasteiger partial charge is 0.385 e. The van der Waals surface area contributed by atoms with Gasteiger partial charge in [-0.05, 0) is 31.4 Å². The molecule has 1 aromatic carbocycles. The molecule has 0 bridgehead atoms. The second-order valence-corrected chi connectivity index (χ2v) is 5.20. The van der Waals surface area contributed by atoms with Crippen molar-refractivity contribution in [1.29, 1.82) is 0 Å². The Hall–Kier alpha value is -0.900. The van der Waals surface area contributed by atoms with E-state index in [-0.39, 0.29) is 6.10 Å². The van der Waals surface area contributed by atoms with Crippen LogP contribution in [-0.4, -0.2) is 17.8 Å². The van der Waals surface area contributed by atoms with Gasteiger partial charge in [-0.3, -0.25) is 0 Å². The highest BCUT2D eigenvalue weighted by atomic mass is 32.1. The molecule has 2 nitrogen and oxygen atoms in total. The maximum absolute atomic E-state index is 9.96. The molecule has 0 saturated heterocycles. The molecule has 0 aliphatic heterocycles. The van der Waals surface area contributed by atoms with Crippen molar-refractivity contribution >= 4 is 21.4 Å². The fourth-order valence-electron chi connectivity index (χ4n) is 1.53. The average Bonchev–Trinajstić information content (AvgIpc) is 2.69. The van der Waals surface area contributed by atoms with Crippen LogP contribution in [0.4, 0.5) is 0 Å². The Morgan fingerprint density at radius 1 is 1.31 bits per heavy atom. The summed E-state index contributed by atoms with van der Waals surface area (Å²) in [7, 11) is 0. The molecule has 2 rings (SSSR count). The Labute approximate surface area is 99.5 Å². The van der Waals surface area contributed by atoms with Crippen LogP contribution < -0.4 is 0 Å². The number of aliphatic hydroxyl groups is 1. The Balaban J connectivity index is 2.13. The van der Waals surface area contributed by atoms with Gasteiger partial charge < -0.3 is 9.84 Å². The van der Waals surface area contributed by atoms with Crippen molar-refractivity contribution < 1.29 is 9.84 Å². The smallest absolute Gasteiger partial charge is 0.111 e. The highest BCUT2D eigenvalue weighted by Crippen LogP contribution is 2.29. The van der Waals surface area contributed by atoms with Crippen LogP contribution in [0.15, 0.2) is 30.3 Å². The molecule has 16 heavy (non-hydrogen) atoms. The van der Waals surface area contributed by atoms with E-state index < -0.39 is 6.10 Å². The number of aliphatic hydroxyl groups excluding tert-OH is 1. The molecule has 3 heteroatoms. The summed E-state index contributed by atoms with van der Waals surface area (Å²) in [5.41, 5.74) is 0. The van der Waals surface area contributed by atoms with Gasteiger partial charge in [0.15, 0.2) is 0 Å². The SMILES string of the molecule is CC(C)OCC(O)c1cc2ccccc2s1. The number of benzene rings is 1. The zero-order valence-corrected chi connectivity index (χ0v) is 10.3. The Morgan fingerprint density at radius 3 is 2.75 bits per heavy atom. The van der Waals surface area contributed by atoms with E-state index in [1.807, 2.05) is 32.0 Å². The molecule has 0 aliphatic carbocycles. The third-order valence-corrected chi connectivity index (χ3v) is 3.58. The second kappa shape index (κ2) is 4.95. The van der Waals surface area contributed by atoms with Crippen LogP contribution in [0.3, 0.4) is 0 Å². The van der Waals surface area contributed by atoms with Crippen molar-refractivity contribution in [2.45, 2.75) is 26.1 Å². The quantitative estimate of drug-likeness (QED) is 0.882. The minimum atomic E-state index is -0.514. The topological polar surface area (TPSA) is 29.5 Å². The molecule has 86 valence electrons. The van der Waals surface area contributed by atoms with Crippen LogP contribution >= 0.6 is 11.3 Å². The summed E-state index contributed by atoms with van der Waals surface area (Å²) < 4.78 is 6.62. The predicted molar refractivity (Wildman–Crippen MR) is 67.9 cm³/mol. The lowest BCUT2D eigenvalue weighted by Crippen LogP contribution is -2.10. The average molecular weight is 236 g/mol. The van der Waals surface area contributed by atoms with E-state index in [9.17, 15) is 5.11 Å². The van der Waals surface area contributed by atoms with Crippen LogP contribution in [0.25, 0.3) is 10.1 Å². The first-order valence-corrected chi connectivity index (χ1v) is 6.26. The minimum absolute atomic E-state index is 0.157. The lowest BCUT2D eigenvalue weighted by molar-refractivity contribution is 0.00636. The monoisotopic (exact) mass is 236 g/mol. The molecule has 1 N–H and O–H groups in total. The van der Waals surface area contributed by atoms with Gasteiger partial charge >= 0.3 is 0 Å². The van der Waals surface area contributed by atoms with Crippen molar-refractivity contribution in [2.75, 3.05) is 6.61 Å². The first-order valence-electron chi connectivity index (χ1n) is 5.45. The molecule has 0 radical (unpaired) electrons. The van der Waals surface area contributed by atoms with Crippen LogP contribution in [0, 0.1) is 0 Å². The van der Waals surface area contributed by atoms with E-state index in [2.05, 4.69) is 12.1 Å². The van der Waals surface area contributed by atoms with Crippen LogP contribution in [0.1, 0.15) is 24.8 Å². The van der Waals surface area contributed by atoms with Crippen LogP contribution in [0.2, 0.25) is 0 Å². The van der Waals surface area contributed by atoms with Gasteiger partial charge in [0.2, 0.25) is 0 Å². The van der Waals surface area contributed by atoms with Crippen molar-refractivity contribution in [3.05, 3.63) is 35.2 Å². The van der Waals surface area contributed by atoms with E-state index in [1.165, 1.54) is 10.1 Å². The van der Waals surface area contributed by atoms with Gasteiger partial charge in [0.05, 0.1) is 12.7 Å². The highest BCUT2D eigenvalue weighted by molar-refractivity contribution is 7.19. The van der Waals surface area contributed by atoms with Gasteiger partial charge in [-0.1, -0.05) is 18.2 Å². The summed E-state index contributed by atoms with van der Waals surface area (Å²) >= 11 is 1.63. The fraction of sp³-hybridized carbons (Fsp3) is 0.385. The first-order chi connectivity index (χ1) is 7.66. The number of ether oxygens (including phenoxy) is 1. The van der Waals surface area contributed by atoms with Gasteiger partial charge in [-0.15, -0.1) is 11.3 Å². The maximum atomic E-state index is 9.96. The minimum Gasteiger partial charge on any atom is -0.385 e. The van der Waals surface area contributed by atoms with Gasteiger partial charge in [0, 0.05) is 9.58 Å². The third kappa shape index (κ3) is 2.61. The zero-order valence-electron chi connectivity index (χ0n) is 9.51. The van der Waals surface area contributed by atoms with Crippen LogP contribution in [0.5, 0.6) is 0 Å². The maximum Gasteiger partial charge on any atom is 0.111 e. The number of rotatable bonds is 4. The summed E-state index contributed by atoms with van der Waals surface area (Å²) in [6, 6.07) is 10.2. The molecule has 0 aliphatic rings. The van der Waals surface area contributed by atoms with Crippen molar-refractivity contribution in [2.24, 2.45) is 0 Å². The normalized spacial score (nSPS) is 13.5. The summed E-state index contributed by atoms with van der Waals surface area (Å²) in [6.07, 6.45) is -0.358. The molecule has 0 fully saturated rings. The van der Waals surface area contributed by atoms with Gasteiger partial charge in [0.25, 0.3) is 0 Å². The van der Waals surface area contributed by atoms with E-state index in [0.717, 1.165) is 4.88 Å². The van der Waals surface area contributed by atoms with E-state index in [0.29, 0.717) is 6.61 Å². The number of thiophene rings is 1. The van der Waals surface area contributed by atoms with Crippen LogP contribution in [-0.2, 0) is 4.74 Å². The van der Waals surface area contributed by atoms with E-state index in [1.54, 1.807) is 11.3 Å². The summed E-state index contributed by atoms with van der Waals surface area (Å²) in [4.78, 5) is 0.974. The third-order valence-electron chi connectivity index (χ3n) is 2.36. The molecule has 0 amide bonds. The van der Waals surface area contributed by atoms with E-state index >= 15 is 0 Å². The first kappa shape index (κ1) is 11.6. The van der Waals surface area contributed by atoms with Crippen molar-refractivity contribution in [3.63, 3.8) is 0 Å². The Bertz CT molecular complexity index is 429. The zero-order chi connectivity index (χ0) is 11.5. The lowest BCUT2D eigenvalue weighted by atomic mass is 10.2. The molecule has 1 aromatic heterocycles.